The number of halogens is 2. The molecule has 1 aliphatic carbocycles. The van der Waals surface area contributed by atoms with E-state index in [1.54, 1.807) is 29.4 Å². The van der Waals surface area contributed by atoms with E-state index >= 15 is 0 Å². The van der Waals surface area contributed by atoms with E-state index in [1.165, 1.54) is 6.07 Å². The van der Waals surface area contributed by atoms with Crippen LogP contribution in [-0.2, 0) is 11.2 Å². The van der Waals surface area contributed by atoms with Gasteiger partial charge in [-0.05, 0) is 56.1 Å². The SMILES string of the molecule is O=C(Cc1ccc(OCCCC2CCN(c3ncc(Cl)cn3)CC2)cc1F)N1CCC2(CC2NC[C@H](O)C(O)[C@H](O)CO)C1. The number of rotatable bonds is 14. The minimum Gasteiger partial charge on any atom is -0.493 e. The van der Waals surface area contributed by atoms with Gasteiger partial charge in [0.1, 0.15) is 23.8 Å². The van der Waals surface area contributed by atoms with E-state index in [0.717, 1.165) is 51.6 Å². The van der Waals surface area contributed by atoms with Crippen molar-refractivity contribution in [2.75, 3.05) is 50.8 Å². The topological polar surface area (TPSA) is 152 Å². The molecule has 2 aromatic rings. The number of hydrogen-bond donors (Lipinski definition) is 5. The van der Waals surface area contributed by atoms with Crippen LogP contribution in [0.1, 0.15) is 44.1 Å². The van der Waals surface area contributed by atoms with Gasteiger partial charge in [-0.15, -0.1) is 0 Å². The van der Waals surface area contributed by atoms with E-state index in [2.05, 4.69) is 20.2 Å². The molecular weight excluding hydrogens is 593 g/mol. The van der Waals surface area contributed by atoms with Crippen molar-refractivity contribution in [3.05, 3.63) is 47.0 Å². The molecule has 2 aliphatic heterocycles. The molecule has 3 aliphatic rings. The molecule has 13 heteroatoms. The van der Waals surface area contributed by atoms with Crippen molar-refractivity contribution >= 4 is 23.5 Å². The molecule has 1 spiro atoms. The Morgan fingerprint density at radius 2 is 1.91 bits per heavy atom. The number of hydrogen-bond acceptors (Lipinski definition) is 10. The number of carbonyl (C=O) groups is 1. The molecule has 2 saturated heterocycles. The number of ether oxygens (including phenoxy) is 1. The fraction of sp³-hybridized carbons (Fsp3) is 0.645. The molecule has 0 bridgehead atoms. The molecule has 242 valence electrons. The van der Waals surface area contributed by atoms with Crippen molar-refractivity contribution in [2.24, 2.45) is 11.3 Å². The van der Waals surface area contributed by atoms with E-state index in [9.17, 15) is 24.5 Å². The van der Waals surface area contributed by atoms with E-state index in [0.29, 0.717) is 47.9 Å². The molecule has 11 nitrogen and oxygen atoms in total. The van der Waals surface area contributed by atoms with Gasteiger partial charge in [0.15, 0.2) is 0 Å². The summed E-state index contributed by atoms with van der Waals surface area (Å²) in [6.07, 6.45) is 4.81. The van der Waals surface area contributed by atoms with Crippen molar-refractivity contribution < 1.29 is 34.3 Å². The first kappa shape index (κ1) is 32.8. The number of carbonyl (C=O) groups excluding carboxylic acids is 1. The Bertz CT molecular complexity index is 1250. The van der Waals surface area contributed by atoms with Crippen LogP contribution in [0, 0.1) is 17.2 Å². The van der Waals surface area contributed by atoms with Gasteiger partial charge in [-0.3, -0.25) is 4.79 Å². The summed E-state index contributed by atoms with van der Waals surface area (Å²) in [7, 11) is 0. The Morgan fingerprint density at radius 1 is 1.16 bits per heavy atom. The lowest BCUT2D eigenvalue weighted by Gasteiger charge is -2.31. The highest BCUT2D eigenvalue weighted by molar-refractivity contribution is 6.30. The average Bonchev–Trinajstić information content (AvgIpc) is 3.53. The second-order valence-electron chi connectivity index (χ2n) is 12.5. The van der Waals surface area contributed by atoms with Crippen molar-refractivity contribution in [3.63, 3.8) is 0 Å². The molecule has 0 radical (unpaired) electrons. The van der Waals surface area contributed by atoms with Gasteiger partial charge < -0.3 is 40.3 Å². The molecule has 3 unspecified atom stereocenters. The van der Waals surface area contributed by atoms with Gasteiger partial charge in [0.2, 0.25) is 11.9 Å². The fourth-order valence-electron chi connectivity index (χ4n) is 6.43. The second-order valence-corrected chi connectivity index (χ2v) is 12.9. The van der Waals surface area contributed by atoms with E-state index in [1.807, 2.05) is 0 Å². The quantitative estimate of drug-likeness (QED) is 0.193. The summed E-state index contributed by atoms with van der Waals surface area (Å²) < 4.78 is 20.7. The molecular formula is C31H43ClFN5O6. The van der Waals surface area contributed by atoms with Crippen molar-refractivity contribution in [2.45, 2.75) is 69.3 Å². The molecule has 5 atom stereocenters. The second kappa shape index (κ2) is 14.7. The number of piperidine rings is 1. The highest BCUT2D eigenvalue weighted by Gasteiger charge is 2.58. The molecule has 1 saturated carbocycles. The van der Waals surface area contributed by atoms with E-state index in [4.69, 9.17) is 21.4 Å². The number of nitrogens with one attached hydrogen (secondary N) is 1. The Hall–Kier alpha value is -2.61. The zero-order chi connectivity index (χ0) is 31.3. The zero-order valence-corrected chi connectivity index (χ0v) is 25.6. The molecule has 44 heavy (non-hydrogen) atoms. The molecule has 1 aromatic heterocycles. The molecule has 3 fully saturated rings. The lowest BCUT2D eigenvalue weighted by atomic mass is 9.92. The van der Waals surface area contributed by atoms with Crippen LogP contribution < -0.4 is 15.0 Å². The third kappa shape index (κ3) is 8.15. The molecule has 5 N–H and O–H groups in total. The Kier molecular flexibility index (Phi) is 10.9. The number of aromatic nitrogens is 2. The number of benzene rings is 1. The van der Waals surface area contributed by atoms with Crippen molar-refractivity contribution in [3.8, 4) is 5.75 Å². The maximum Gasteiger partial charge on any atom is 0.227 e. The van der Waals surface area contributed by atoms with Crippen LogP contribution in [0.3, 0.4) is 0 Å². The minimum absolute atomic E-state index is 0.0238. The Morgan fingerprint density at radius 3 is 2.61 bits per heavy atom. The predicted molar refractivity (Wildman–Crippen MR) is 162 cm³/mol. The van der Waals surface area contributed by atoms with Gasteiger partial charge in [-0.1, -0.05) is 17.7 Å². The van der Waals surface area contributed by atoms with Crippen LogP contribution >= 0.6 is 11.6 Å². The van der Waals surface area contributed by atoms with Crippen LogP contribution in [0.15, 0.2) is 30.6 Å². The summed E-state index contributed by atoms with van der Waals surface area (Å²) in [4.78, 5) is 25.5. The number of aliphatic hydroxyl groups is 4. The first-order valence-electron chi connectivity index (χ1n) is 15.5. The number of anilines is 1. The maximum atomic E-state index is 14.9. The zero-order valence-electron chi connectivity index (χ0n) is 24.8. The minimum atomic E-state index is -1.44. The first-order chi connectivity index (χ1) is 21.2. The Labute approximate surface area is 262 Å². The summed E-state index contributed by atoms with van der Waals surface area (Å²) in [5.41, 5.74) is 0.249. The summed E-state index contributed by atoms with van der Waals surface area (Å²) >= 11 is 5.88. The van der Waals surface area contributed by atoms with Gasteiger partial charge in [0.05, 0.1) is 43.2 Å². The Balaban J connectivity index is 0.986. The van der Waals surface area contributed by atoms with Gasteiger partial charge in [-0.2, -0.15) is 0 Å². The summed E-state index contributed by atoms with van der Waals surface area (Å²) in [5, 5.41) is 42.0. The van der Waals surface area contributed by atoms with Crippen LogP contribution in [0.4, 0.5) is 10.3 Å². The van der Waals surface area contributed by atoms with Crippen LogP contribution in [0.25, 0.3) is 0 Å². The summed E-state index contributed by atoms with van der Waals surface area (Å²) in [6, 6.07) is 4.78. The highest BCUT2D eigenvalue weighted by atomic mass is 35.5. The number of nitrogens with zero attached hydrogens (tertiary/aromatic N) is 4. The third-order valence-electron chi connectivity index (χ3n) is 9.37. The molecule has 3 heterocycles. The monoisotopic (exact) mass is 635 g/mol. The number of amides is 1. The third-order valence-corrected chi connectivity index (χ3v) is 9.57. The fourth-order valence-corrected chi connectivity index (χ4v) is 6.53. The summed E-state index contributed by atoms with van der Waals surface area (Å²) in [6.45, 7) is 2.88. The molecule has 5 rings (SSSR count). The van der Waals surface area contributed by atoms with Crippen molar-refractivity contribution in [1.29, 1.82) is 0 Å². The number of likely N-dealkylation sites (tertiary alicyclic amines) is 1. The largest absolute Gasteiger partial charge is 0.493 e. The summed E-state index contributed by atoms with van der Waals surface area (Å²) in [5.74, 6) is 1.19. The predicted octanol–water partition coefficient (Wildman–Crippen LogP) is 1.54. The normalized spacial score (nSPS) is 24.0. The smallest absolute Gasteiger partial charge is 0.227 e. The van der Waals surface area contributed by atoms with Crippen molar-refractivity contribution in [1.82, 2.24) is 20.2 Å². The van der Waals surface area contributed by atoms with Gasteiger partial charge in [0.25, 0.3) is 0 Å². The molecule has 1 aromatic carbocycles. The highest BCUT2D eigenvalue weighted by Crippen LogP contribution is 2.53. The lowest BCUT2D eigenvalue weighted by Crippen LogP contribution is -2.45. The van der Waals surface area contributed by atoms with Crippen LogP contribution in [0.5, 0.6) is 5.75 Å². The van der Waals surface area contributed by atoms with E-state index in [-0.39, 0.29) is 30.3 Å². The van der Waals surface area contributed by atoms with Gasteiger partial charge in [-0.25, -0.2) is 14.4 Å². The first-order valence-corrected chi connectivity index (χ1v) is 15.8. The maximum absolute atomic E-state index is 14.9. The van der Waals surface area contributed by atoms with Gasteiger partial charge in [0, 0.05) is 50.2 Å². The average molecular weight is 636 g/mol. The van der Waals surface area contributed by atoms with E-state index < -0.39 is 30.7 Å². The lowest BCUT2D eigenvalue weighted by molar-refractivity contribution is -0.129. The number of aliphatic hydroxyl groups excluding tert-OH is 4. The standard InChI is InChI=1S/C31H43ClFN5O6/c32-22-15-35-30(36-16-22)37-8-5-20(6-9-37)2-1-11-44-23-4-3-21(24(33)13-23)12-28(42)38-10-7-31(19-38)14-27(31)34-17-25(40)29(43)26(41)18-39/h3-4,13,15-16,20,25-27,29,34,39-41,43H,1-2,5-12,14,17-19H2/t25-,26+,27?,29?,31?/m0/s1. The molecule has 1 amide bonds. The van der Waals surface area contributed by atoms with Crippen LogP contribution in [-0.4, -0.2) is 111 Å². The van der Waals surface area contributed by atoms with Crippen LogP contribution in [0.2, 0.25) is 5.02 Å². The van der Waals surface area contributed by atoms with Gasteiger partial charge >= 0.3 is 0 Å².